The third-order valence-corrected chi connectivity index (χ3v) is 4.69. The smallest absolute Gasteiger partial charge is 0.257 e. The standard InChI is InChI=1S/C22H26F2N2O2/c1-14(2)19(26-20(27)18-16(23)11-8-12-17(18)24)21(28)25-13-22(3,4)15-9-6-5-7-10-15/h5-12,14,19H,13H2,1-4H3,(H,25,28)(H,26,27). The molecule has 0 saturated heterocycles. The number of hydrogen-bond acceptors (Lipinski definition) is 2. The zero-order chi connectivity index (χ0) is 20.9. The van der Waals surface area contributed by atoms with Crippen LogP contribution in [0.4, 0.5) is 8.78 Å². The summed E-state index contributed by atoms with van der Waals surface area (Å²) < 4.78 is 27.7. The molecule has 0 aliphatic rings. The Morgan fingerprint density at radius 1 is 0.964 bits per heavy atom. The summed E-state index contributed by atoms with van der Waals surface area (Å²) in [6.45, 7) is 7.86. The van der Waals surface area contributed by atoms with E-state index < -0.39 is 35.1 Å². The molecule has 0 aliphatic carbocycles. The maximum absolute atomic E-state index is 13.8. The first-order valence-corrected chi connectivity index (χ1v) is 9.21. The third kappa shape index (κ3) is 5.15. The summed E-state index contributed by atoms with van der Waals surface area (Å²) in [5, 5.41) is 5.31. The van der Waals surface area contributed by atoms with E-state index in [1.54, 1.807) is 13.8 Å². The van der Waals surface area contributed by atoms with Crippen LogP contribution in [0.25, 0.3) is 0 Å². The molecule has 0 saturated carbocycles. The van der Waals surface area contributed by atoms with Gasteiger partial charge in [-0.1, -0.05) is 64.1 Å². The molecule has 4 nitrogen and oxygen atoms in total. The van der Waals surface area contributed by atoms with Crippen LogP contribution in [-0.4, -0.2) is 24.4 Å². The molecule has 0 aromatic heterocycles. The molecule has 28 heavy (non-hydrogen) atoms. The van der Waals surface area contributed by atoms with E-state index in [1.807, 2.05) is 44.2 Å². The number of benzene rings is 2. The van der Waals surface area contributed by atoms with Gasteiger partial charge in [0.15, 0.2) is 0 Å². The molecule has 6 heteroatoms. The summed E-state index contributed by atoms with van der Waals surface area (Å²) >= 11 is 0. The number of hydrogen-bond donors (Lipinski definition) is 2. The molecule has 150 valence electrons. The average Bonchev–Trinajstić information content (AvgIpc) is 2.64. The second-order valence-electron chi connectivity index (χ2n) is 7.76. The van der Waals surface area contributed by atoms with Gasteiger partial charge >= 0.3 is 0 Å². The van der Waals surface area contributed by atoms with Crippen LogP contribution in [-0.2, 0) is 10.2 Å². The summed E-state index contributed by atoms with van der Waals surface area (Å²) in [7, 11) is 0. The third-order valence-electron chi connectivity index (χ3n) is 4.69. The van der Waals surface area contributed by atoms with Gasteiger partial charge in [-0.15, -0.1) is 0 Å². The molecular formula is C22H26F2N2O2. The van der Waals surface area contributed by atoms with E-state index in [9.17, 15) is 18.4 Å². The van der Waals surface area contributed by atoms with Gasteiger partial charge in [0.05, 0.1) is 0 Å². The topological polar surface area (TPSA) is 58.2 Å². The molecule has 0 heterocycles. The van der Waals surface area contributed by atoms with Gasteiger partial charge in [0, 0.05) is 12.0 Å². The zero-order valence-corrected chi connectivity index (χ0v) is 16.6. The van der Waals surface area contributed by atoms with Crippen LogP contribution in [0, 0.1) is 17.6 Å². The van der Waals surface area contributed by atoms with E-state index >= 15 is 0 Å². The van der Waals surface area contributed by atoms with Crippen molar-refractivity contribution in [3.05, 3.63) is 71.3 Å². The Labute approximate surface area is 164 Å². The Morgan fingerprint density at radius 2 is 1.54 bits per heavy atom. The van der Waals surface area contributed by atoms with Crippen molar-refractivity contribution in [2.45, 2.75) is 39.2 Å². The Morgan fingerprint density at radius 3 is 2.07 bits per heavy atom. The molecule has 0 aliphatic heterocycles. The zero-order valence-electron chi connectivity index (χ0n) is 16.6. The van der Waals surface area contributed by atoms with Crippen LogP contribution in [0.1, 0.15) is 43.6 Å². The van der Waals surface area contributed by atoms with Gasteiger partial charge in [-0.3, -0.25) is 9.59 Å². The second kappa shape index (κ2) is 8.95. The fraction of sp³-hybridized carbons (Fsp3) is 0.364. The Balaban J connectivity index is 2.09. The summed E-state index contributed by atoms with van der Waals surface area (Å²) in [6, 6.07) is 12.0. The lowest BCUT2D eigenvalue weighted by molar-refractivity contribution is -0.124. The fourth-order valence-corrected chi connectivity index (χ4v) is 2.87. The summed E-state index contributed by atoms with van der Waals surface area (Å²) in [6.07, 6.45) is 0. The van der Waals surface area contributed by atoms with Gasteiger partial charge in [0.2, 0.25) is 5.91 Å². The minimum absolute atomic E-state index is 0.265. The van der Waals surface area contributed by atoms with Crippen molar-refractivity contribution in [1.82, 2.24) is 10.6 Å². The number of rotatable bonds is 7. The van der Waals surface area contributed by atoms with Crippen molar-refractivity contribution in [2.75, 3.05) is 6.54 Å². The van der Waals surface area contributed by atoms with Crippen LogP contribution in [0.5, 0.6) is 0 Å². The average molecular weight is 388 g/mol. The highest BCUT2D eigenvalue weighted by Crippen LogP contribution is 2.22. The van der Waals surface area contributed by atoms with Gasteiger partial charge in [-0.2, -0.15) is 0 Å². The van der Waals surface area contributed by atoms with E-state index in [1.165, 1.54) is 6.07 Å². The number of halogens is 2. The minimum atomic E-state index is -0.967. The summed E-state index contributed by atoms with van der Waals surface area (Å²) in [5.74, 6) is -3.55. The molecule has 0 spiro atoms. The van der Waals surface area contributed by atoms with Gasteiger partial charge in [0.1, 0.15) is 23.2 Å². The fourth-order valence-electron chi connectivity index (χ4n) is 2.87. The van der Waals surface area contributed by atoms with Gasteiger partial charge in [-0.25, -0.2) is 8.78 Å². The predicted molar refractivity (Wildman–Crippen MR) is 105 cm³/mol. The van der Waals surface area contributed by atoms with E-state index in [4.69, 9.17) is 0 Å². The number of carbonyl (C=O) groups excluding carboxylic acids is 2. The first-order valence-electron chi connectivity index (χ1n) is 9.21. The van der Waals surface area contributed by atoms with Crippen molar-refractivity contribution >= 4 is 11.8 Å². The lowest BCUT2D eigenvalue weighted by Crippen LogP contribution is -2.51. The van der Waals surface area contributed by atoms with Crippen LogP contribution in [0.3, 0.4) is 0 Å². The largest absolute Gasteiger partial charge is 0.353 e. The van der Waals surface area contributed by atoms with Crippen LogP contribution in [0.15, 0.2) is 48.5 Å². The molecule has 2 aromatic rings. The molecule has 2 aromatic carbocycles. The molecule has 0 fully saturated rings. The maximum Gasteiger partial charge on any atom is 0.257 e. The highest BCUT2D eigenvalue weighted by Gasteiger charge is 2.29. The van der Waals surface area contributed by atoms with E-state index in [0.29, 0.717) is 6.54 Å². The second-order valence-corrected chi connectivity index (χ2v) is 7.76. The van der Waals surface area contributed by atoms with E-state index in [-0.39, 0.29) is 11.3 Å². The molecule has 0 radical (unpaired) electrons. The van der Waals surface area contributed by atoms with E-state index in [0.717, 1.165) is 17.7 Å². The summed E-state index contributed by atoms with van der Waals surface area (Å²) in [5.41, 5.74) is 0.0551. The predicted octanol–water partition coefficient (Wildman–Crippen LogP) is 3.81. The number of nitrogens with one attached hydrogen (secondary N) is 2. The molecule has 0 bridgehead atoms. The maximum atomic E-state index is 13.8. The highest BCUT2D eigenvalue weighted by molar-refractivity contribution is 5.98. The SMILES string of the molecule is CC(C)C(NC(=O)c1c(F)cccc1F)C(=O)NCC(C)(C)c1ccccc1. The summed E-state index contributed by atoms with van der Waals surface area (Å²) in [4.78, 5) is 25.0. The quantitative estimate of drug-likeness (QED) is 0.758. The lowest BCUT2D eigenvalue weighted by atomic mass is 9.84. The van der Waals surface area contributed by atoms with Crippen molar-refractivity contribution < 1.29 is 18.4 Å². The van der Waals surface area contributed by atoms with Gasteiger partial charge in [-0.05, 0) is 23.6 Å². The van der Waals surface area contributed by atoms with Crippen molar-refractivity contribution in [2.24, 2.45) is 5.92 Å². The van der Waals surface area contributed by atoms with Crippen LogP contribution in [0.2, 0.25) is 0 Å². The van der Waals surface area contributed by atoms with Crippen LogP contribution < -0.4 is 10.6 Å². The first-order chi connectivity index (χ1) is 13.1. The molecule has 2 amide bonds. The number of carbonyl (C=O) groups is 2. The molecule has 1 atom stereocenters. The molecule has 2 rings (SSSR count). The first kappa shape index (κ1) is 21.5. The van der Waals surface area contributed by atoms with Crippen LogP contribution >= 0.6 is 0 Å². The van der Waals surface area contributed by atoms with Gasteiger partial charge < -0.3 is 10.6 Å². The number of amides is 2. The van der Waals surface area contributed by atoms with Gasteiger partial charge in [0.25, 0.3) is 5.91 Å². The monoisotopic (exact) mass is 388 g/mol. The highest BCUT2D eigenvalue weighted by atomic mass is 19.1. The molecule has 1 unspecified atom stereocenters. The lowest BCUT2D eigenvalue weighted by Gasteiger charge is -2.28. The van der Waals surface area contributed by atoms with E-state index in [2.05, 4.69) is 10.6 Å². The molecule has 2 N–H and O–H groups in total. The van der Waals surface area contributed by atoms with Crippen molar-refractivity contribution in [1.29, 1.82) is 0 Å². The normalized spacial score (nSPS) is 12.5. The van der Waals surface area contributed by atoms with Crippen molar-refractivity contribution in [3.8, 4) is 0 Å². The Kier molecular flexibility index (Phi) is 6.89. The van der Waals surface area contributed by atoms with Crippen molar-refractivity contribution in [3.63, 3.8) is 0 Å². The Bertz CT molecular complexity index is 815. The molecular weight excluding hydrogens is 362 g/mol. The minimum Gasteiger partial charge on any atom is -0.353 e. The Hall–Kier alpha value is -2.76.